The van der Waals surface area contributed by atoms with E-state index in [9.17, 15) is 24.0 Å². The summed E-state index contributed by atoms with van der Waals surface area (Å²) in [5, 5.41) is 4.88. The lowest BCUT2D eigenvalue weighted by atomic mass is 9.64. The zero-order chi connectivity index (χ0) is 84.3. The Balaban J connectivity index is 0.000000166. The lowest BCUT2D eigenvalue weighted by molar-refractivity contribution is -0.181. The van der Waals surface area contributed by atoms with E-state index < -0.39 is 55.1 Å². The summed E-state index contributed by atoms with van der Waals surface area (Å²) in [5.41, 5.74) is 3.03. The summed E-state index contributed by atoms with van der Waals surface area (Å²) in [5.74, 6) is 1.25. The molecule has 10 heteroatoms. The molecule has 6 aliphatic carbocycles. The van der Waals surface area contributed by atoms with Gasteiger partial charge in [-0.3, -0.25) is 24.0 Å². The molecule has 0 aromatic heterocycles. The number of esters is 5. The Morgan fingerprint density at radius 3 is 0.862 bits per heavy atom. The molecule has 0 amide bonds. The van der Waals surface area contributed by atoms with Gasteiger partial charge in [0.1, 0.15) is 28.0 Å². The van der Waals surface area contributed by atoms with Gasteiger partial charge in [0.15, 0.2) is 0 Å². The lowest BCUT2D eigenvalue weighted by Crippen LogP contribution is -2.44. The highest BCUT2D eigenvalue weighted by Crippen LogP contribution is 2.53. The maximum absolute atomic E-state index is 12.9. The number of hydrogen-bond donors (Lipinski definition) is 0. The third-order valence-electron chi connectivity index (χ3n) is 28.3. The minimum absolute atomic E-state index is 0.0388. The minimum atomic E-state index is -0.453. The molecule has 0 bridgehead atoms. The van der Waals surface area contributed by atoms with Gasteiger partial charge in [-0.25, -0.2) is 0 Å². The van der Waals surface area contributed by atoms with Gasteiger partial charge in [-0.1, -0.05) is 264 Å². The predicted octanol–water partition coefficient (Wildman–Crippen LogP) is 28.8. The minimum Gasteiger partial charge on any atom is -0.454 e. The predicted molar refractivity (Wildman–Crippen MR) is 477 cm³/mol. The van der Waals surface area contributed by atoms with Gasteiger partial charge >= 0.3 is 29.8 Å². The van der Waals surface area contributed by atoms with E-state index in [4.69, 9.17) is 23.7 Å². The second-order valence-corrected chi connectivity index (χ2v) is 39.6. The fourth-order valence-corrected chi connectivity index (χ4v) is 17.6. The first-order valence-electron chi connectivity index (χ1n) is 45.4. The Morgan fingerprint density at radius 2 is 0.526 bits per heavy atom. The number of benzene rings is 7. The standard InChI is InChI=1S/C22H28O2.C22H32O2.C21H26O2.C21H32O2.C20H30O2/c1-4-21(2,3)20(23)24-22(14-8-5-9-15-22)19-13-12-17-10-6-7-11-18(17)16-19;1-4-21(2,3)20(23)24-22(19-12-6-5-7-13-19)15-14-17-10-8-9-11-18(17)16-22;1-4-20(2,3)19(22)23-21(13-7-8-14-21)18-12-11-16-9-5-6-10-17(16)15-18;1-7-20(5,6)18(22)23-21(14-8-9-15-21)17-12-10-16(11-13-17)19(2,3)4;1-4-19(2,3)18(21)22-20(17-13-9-8-10-14-17)15-11-6-5-7-12-16-20/h6-7,10-13,16H,4-5,8-9,14-15H2,1-3H3;5-7,12-13,17-18H,4,8-11,14-16H2,1-3H3;5-6,9-12,15H,4,7-8,13-14H2,1-3H3;10-13H,7-9,14-15H2,1-6H3;8-10,13-14H,4-7,11-12,15-16H2,1-3H3. The molecule has 0 spiro atoms. The highest BCUT2D eigenvalue weighted by Gasteiger charge is 2.49. The number of carbonyl (C=O) groups excluding carboxylic acids is 5. The number of rotatable bonds is 20. The molecule has 6 aliphatic rings. The Morgan fingerprint density at radius 1 is 0.267 bits per heavy atom. The maximum Gasteiger partial charge on any atom is 0.312 e. The molecule has 13 rings (SSSR count). The average Bonchev–Trinajstić information content (AvgIpc) is 0.836. The largest absolute Gasteiger partial charge is 0.454 e. The van der Waals surface area contributed by atoms with E-state index in [0.29, 0.717) is 5.92 Å². The van der Waals surface area contributed by atoms with Crippen LogP contribution in [0.2, 0.25) is 0 Å². The van der Waals surface area contributed by atoms with Crippen molar-refractivity contribution in [2.24, 2.45) is 38.9 Å². The topological polar surface area (TPSA) is 132 Å². The Labute approximate surface area is 700 Å². The van der Waals surface area contributed by atoms with Crippen molar-refractivity contribution < 1.29 is 47.7 Å². The van der Waals surface area contributed by atoms with Gasteiger partial charge in [-0.05, 0) is 308 Å². The summed E-state index contributed by atoms with van der Waals surface area (Å²) in [6.45, 7) is 36.7. The van der Waals surface area contributed by atoms with Gasteiger partial charge in [-0.2, -0.15) is 0 Å². The molecule has 7 aromatic rings. The summed E-state index contributed by atoms with van der Waals surface area (Å²) < 4.78 is 31.1. The number of hydrogen-bond acceptors (Lipinski definition) is 10. The van der Waals surface area contributed by atoms with Crippen molar-refractivity contribution in [2.75, 3.05) is 0 Å². The summed E-state index contributed by atoms with van der Waals surface area (Å²) in [6.07, 6.45) is 34.0. The smallest absolute Gasteiger partial charge is 0.312 e. The van der Waals surface area contributed by atoms with Gasteiger partial charge in [0.25, 0.3) is 0 Å². The zero-order valence-electron chi connectivity index (χ0n) is 75.0. The average molecular weight is 1580 g/mol. The Kier molecular flexibility index (Phi) is 31.8. The van der Waals surface area contributed by atoms with E-state index >= 15 is 0 Å². The fourth-order valence-electron chi connectivity index (χ4n) is 17.6. The molecule has 3 unspecified atom stereocenters. The first-order chi connectivity index (χ1) is 55.0. The number of ether oxygens (including phenoxy) is 5. The van der Waals surface area contributed by atoms with Gasteiger partial charge in [-0.15, -0.1) is 0 Å². The quantitative estimate of drug-likeness (QED) is 0.0537. The second kappa shape index (κ2) is 40.0. The molecule has 0 radical (unpaired) electrons. The molecule has 10 nitrogen and oxygen atoms in total. The maximum atomic E-state index is 12.9. The van der Waals surface area contributed by atoms with Crippen LogP contribution >= 0.6 is 0 Å². The van der Waals surface area contributed by atoms with Crippen molar-refractivity contribution in [3.8, 4) is 0 Å². The molecule has 6 fully saturated rings. The van der Waals surface area contributed by atoms with E-state index in [2.05, 4.69) is 192 Å². The first-order valence-corrected chi connectivity index (χ1v) is 45.4. The van der Waals surface area contributed by atoms with Crippen molar-refractivity contribution in [2.45, 2.75) is 364 Å². The third kappa shape index (κ3) is 23.1. The fraction of sp³-hybridized carbons (Fsp3) is 0.594. The molecule has 632 valence electrons. The van der Waals surface area contributed by atoms with E-state index in [0.717, 1.165) is 176 Å². The van der Waals surface area contributed by atoms with Gasteiger partial charge in [0.2, 0.25) is 0 Å². The molecule has 7 aromatic carbocycles. The van der Waals surface area contributed by atoms with Crippen molar-refractivity contribution in [3.05, 3.63) is 203 Å². The third-order valence-corrected chi connectivity index (χ3v) is 28.3. The Hall–Kier alpha value is -7.59. The SMILES string of the molecule is CCC(C)(C)C(=O)OC1(c2ccc(C(C)(C)C)cc2)CCCC1.CCC(C)(C)C(=O)OC1(c2ccc3ccccc3c2)CCCC1.CCC(C)(C)C(=O)OC1(c2ccc3ccccc3c2)CCCCC1.CCC(C)(C)C(=O)OC1(c2ccccc2)CCC2CCCCC2C1.CCC(C)(C)C(=O)OC1(c2ccccc2)CCCCCCC1. The van der Waals surface area contributed by atoms with Crippen LogP contribution < -0.4 is 0 Å². The lowest BCUT2D eigenvalue weighted by Gasteiger charge is -2.47. The summed E-state index contributed by atoms with van der Waals surface area (Å²) in [6, 6.07) is 59.3. The number of carbonyl (C=O) groups is 5. The summed E-state index contributed by atoms with van der Waals surface area (Å²) in [4.78, 5) is 63.7. The van der Waals surface area contributed by atoms with Crippen molar-refractivity contribution in [3.63, 3.8) is 0 Å². The molecular weight excluding hydrogens is 1430 g/mol. The monoisotopic (exact) mass is 1580 g/mol. The van der Waals surface area contributed by atoms with E-state index in [-0.39, 0.29) is 35.3 Å². The van der Waals surface area contributed by atoms with Crippen molar-refractivity contribution >= 4 is 51.4 Å². The highest BCUT2D eigenvalue weighted by molar-refractivity contribution is 5.85. The van der Waals surface area contributed by atoms with Crippen LogP contribution in [0.3, 0.4) is 0 Å². The molecule has 3 atom stereocenters. The van der Waals surface area contributed by atoms with Crippen LogP contribution in [0.4, 0.5) is 0 Å². The van der Waals surface area contributed by atoms with Crippen molar-refractivity contribution in [1.82, 2.24) is 0 Å². The van der Waals surface area contributed by atoms with Crippen LogP contribution in [0.1, 0.15) is 363 Å². The van der Waals surface area contributed by atoms with Crippen molar-refractivity contribution in [1.29, 1.82) is 0 Å². The van der Waals surface area contributed by atoms with E-state index in [1.165, 1.54) is 90.5 Å². The van der Waals surface area contributed by atoms with Crippen LogP contribution in [0.25, 0.3) is 21.5 Å². The molecule has 6 saturated carbocycles. The molecule has 0 N–H and O–H groups in total. The molecular formula is C106H148O10. The molecule has 0 heterocycles. The normalized spacial score (nSPS) is 20.6. The summed E-state index contributed by atoms with van der Waals surface area (Å²) >= 11 is 0. The zero-order valence-corrected chi connectivity index (χ0v) is 75.0. The molecule has 0 aliphatic heterocycles. The first kappa shape index (κ1) is 92.3. The van der Waals surface area contributed by atoms with Crippen LogP contribution in [0, 0.1) is 38.9 Å². The van der Waals surface area contributed by atoms with Crippen LogP contribution in [-0.2, 0) is 81.1 Å². The van der Waals surface area contributed by atoms with Crippen LogP contribution in [0.15, 0.2) is 170 Å². The number of fused-ring (bicyclic) bond motifs is 3. The van der Waals surface area contributed by atoms with Crippen LogP contribution in [0.5, 0.6) is 0 Å². The van der Waals surface area contributed by atoms with Gasteiger partial charge in [0, 0.05) is 0 Å². The molecule has 0 saturated heterocycles. The second-order valence-electron chi connectivity index (χ2n) is 39.6. The van der Waals surface area contributed by atoms with Gasteiger partial charge < -0.3 is 23.7 Å². The summed E-state index contributed by atoms with van der Waals surface area (Å²) in [7, 11) is 0. The van der Waals surface area contributed by atoms with E-state index in [1.807, 2.05) is 102 Å². The highest BCUT2D eigenvalue weighted by atomic mass is 16.6. The van der Waals surface area contributed by atoms with Crippen LogP contribution in [-0.4, -0.2) is 29.8 Å². The Bertz CT molecular complexity index is 4280. The van der Waals surface area contributed by atoms with E-state index in [1.54, 1.807) is 0 Å². The van der Waals surface area contributed by atoms with Gasteiger partial charge in [0.05, 0.1) is 27.1 Å². The molecule has 116 heavy (non-hydrogen) atoms.